The Balaban J connectivity index is 2.09. The third kappa shape index (κ3) is 3.25. The molecule has 0 aliphatic carbocycles. The zero-order valence-corrected chi connectivity index (χ0v) is 12.7. The maximum atomic E-state index is 12.3. The Labute approximate surface area is 125 Å². The first-order valence-corrected chi connectivity index (χ1v) is 7.26. The van der Waals surface area contributed by atoms with Crippen LogP contribution in [0.15, 0.2) is 22.7 Å². The van der Waals surface area contributed by atoms with Crippen molar-refractivity contribution in [1.82, 2.24) is 4.90 Å². The molecule has 1 amide bonds. The molecule has 1 aliphatic rings. The molecule has 0 unspecified atom stereocenters. The lowest BCUT2D eigenvalue weighted by Crippen LogP contribution is -2.41. The standard InChI is InChI=1S/C13H15BrN2O2S/c14-9-1-2-11(17)10(7-9)13(18)16-5-3-8(4-6-16)12(15)19/h1-2,7-8,17H,3-6H2,(H2,15,19). The number of carbonyl (C=O) groups excluding carboxylic acids is 1. The molecule has 1 heterocycles. The largest absolute Gasteiger partial charge is 0.507 e. The van der Waals surface area contributed by atoms with Crippen molar-refractivity contribution < 1.29 is 9.90 Å². The third-order valence-corrected chi connectivity index (χ3v) is 4.20. The lowest BCUT2D eigenvalue weighted by Gasteiger charge is -2.31. The summed E-state index contributed by atoms with van der Waals surface area (Å²) in [5, 5.41) is 9.77. The second-order valence-corrected chi connectivity index (χ2v) is 6.02. The SMILES string of the molecule is NC(=S)C1CCN(C(=O)c2cc(Br)ccc2O)CC1. The van der Waals surface area contributed by atoms with Gasteiger partial charge in [-0.05, 0) is 31.0 Å². The molecule has 6 heteroatoms. The Kier molecular flexibility index (Phi) is 4.42. The van der Waals surface area contributed by atoms with Crippen LogP contribution in [0.25, 0.3) is 0 Å². The molecule has 1 saturated heterocycles. The number of phenolic OH excluding ortho intramolecular Hbond substituents is 1. The van der Waals surface area contributed by atoms with Gasteiger partial charge in [-0.1, -0.05) is 28.1 Å². The quantitative estimate of drug-likeness (QED) is 0.809. The Morgan fingerprint density at radius 1 is 1.42 bits per heavy atom. The van der Waals surface area contributed by atoms with Gasteiger partial charge in [0.05, 0.1) is 10.6 Å². The molecule has 1 fully saturated rings. The Morgan fingerprint density at radius 3 is 2.63 bits per heavy atom. The van der Waals surface area contributed by atoms with E-state index in [0.717, 1.165) is 17.3 Å². The van der Waals surface area contributed by atoms with Gasteiger partial charge in [-0.15, -0.1) is 0 Å². The molecule has 2 rings (SSSR count). The summed E-state index contributed by atoms with van der Waals surface area (Å²) >= 11 is 8.28. The number of hydrogen-bond donors (Lipinski definition) is 2. The molecule has 0 saturated carbocycles. The number of nitrogens with two attached hydrogens (primary N) is 1. The predicted molar refractivity (Wildman–Crippen MR) is 81.2 cm³/mol. The minimum Gasteiger partial charge on any atom is -0.507 e. The van der Waals surface area contributed by atoms with Crippen LogP contribution in [0.4, 0.5) is 0 Å². The van der Waals surface area contributed by atoms with Gasteiger partial charge < -0.3 is 15.7 Å². The first kappa shape index (κ1) is 14.3. The summed E-state index contributed by atoms with van der Waals surface area (Å²) in [7, 11) is 0. The van der Waals surface area contributed by atoms with Gasteiger partial charge in [-0.3, -0.25) is 4.79 Å². The molecule has 0 bridgehead atoms. The molecule has 19 heavy (non-hydrogen) atoms. The second-order valence-electron chi connectivity index (χ2n) is 4.63. The number of benzene rings is 1. The molecule has 0 aromatic heterocycles. The summed E-state index contributed by atoms with van der Waals surface area (Å²) < 4.78 is 0.770. The summed E-state index contributed by atoms with van der Waals surface area (Å²) in [6.07, 6.45) is 1.58. The van der Waals surface area contributed by atoms with E-state index in [1.54, 1.807) is 17.0 Å². The van der Waals surface area contributed by atoms with Crippen LogP contribution in [0, 0.1) is 5.92 Å². The number of hydrogen-bond acceptors (Lipinski definition) is 3. The van der Waals surface area contributed by atoms with Crippen molar-refractivity contribution in [1.29, 1.82) is 0 Å². The van der Waals surface area contributed by atoms with Gasteiger partial charge in [0, 0.05) is 23.5 Å². The van der Waals surface area contributed by atoms with E-state index in [0.29, 0.717) is 23.6 Å². The fraction of sp³-hybridized carbons (Fsp3) is 0.385. The van der Waals surface area contributed by atoms with Crippen molar-refractivity contribution in [2.24, 2.45) is 11.7 Å². The van der Waals surface area contributed by atoms with E-state index in [1.165, 1.54) is 6.07 Å². The highest BCUT2D eigenvalue weighted by atomic mass is 79.9. The van der Waals surface area contributed by atoms with Crippen molar-refractivity contribution >= 4 is 39.0 Å². The average molecular weight is 343 g/mol. The van der Waals surface area contributed by atoms with E-state index >= 15 is 0 Å². The van der Waals surface area contributed by atoms with Crippen LogP contribution in [0.3, 0.4) is 0 Å². The van der Waals surface area contributed by atoms with Gasteiger partial charge in [-0.2, -0.15) is 0 Å². The summed E-state index contributed by atoms with van der Waals surface area (Å²) in [4.78, 5) is 14.6. The maximum absolute atomic E-state index is 12.3. The van der Waals surface area contributed by atoms with Gasteiger partial charge in [0.1, 0.15) is 5.75 Å². The number of halogens is 1. The van der Waals surface area contributed by atoms with Crippen LogP contribution >= 0.6 is 28.1 Å². The van der Waals surface area contributed by atoms with Crippen molar-refractivity contribution in [3.63, 3.8) is 0 Å². The first-order valence-electron chi connectivity index (χ1n) is 6.06. The first-order chi connectivity index (χ1) is 8.99. The van der Waals surface area contributed by atoms with Crippen molar-refractivity contribution in [3.05, 3.63) is 28.2 Å². The monoisotopic (exact) mass is 342 g/mol. The third-order valence-electron chi connectivity index (χ3n) is 3.37. The molecular formula is C13H15BrN2O2S. The highest BCUT2D eigenvalue weighted by molar-refractivity contribution is 9.10. The number of amides is 1. The number of likely N-dealkylation sites (tertiary alicyclic amines) is 1. The van der Waals surface area contributed by atoms with Crippen LogP contribution in [-0.2, 0) is 0 Å². The van der Waals surface area contributed by atoms with Gasteiger partial charge >= 0.3 is 0 Å². The average Bonchev–Trinajstić information content (AvgIpc) is 2.41. The Bertz CT molecular complexity index is 513. The summed E-state index contributed by atoms with van der Waals surface area (Å²) in [5.74, 6) is 0.0695. The highest BCUT2D eigenvalue weighted by Crippen LogP contribution is 2.25. The molecule has 4 nitrogen and oxygen atoms in total. The van der Waals surface area contributed by atoms with Crippen molar-refractivity contribution in [3.8, 4) is 5.75 Å². The van der Waals surface area contributed by atoms with Gasteiger partial charge in [0.15, 0.2) is 0 Å². The smallest absolute Gasteiger partial charge is 0.257 e. The highest BCUT2D eigenvalue weighted by Gasteiger charge is 2.26. The molecular weight excluding hydrogens is 328 g/mol. The minimum absolute atomic E-state index is 0.00432. The van der Waals surface area contributed by atoms with Gasteiger partial charge in [-0.25, -0.2) is 0 Å². The summed E-state index contributed by atoms with van der Waals surface area (Å²) in [5.41, 5.74) is 5.95. The van der Waals surface area contributed by atoms with Crippen LogP contribution in [0.1, 0.15) is 23.2 Å². The predicted octanol–water partition coefficient (Wildman–Crippen LogP) is 2.29. The number of rotatable bonds is 2. The van der Waals surface area contributed by atoms with Gasteiger partial charge in [0.25, 0.3) is 5.91 Å². The van der Waals surface area contributed by atoms with E-state index < -0.39 is 0 Å². The zero-order chi connectivity index (χ0) is 14.0. The number of carbonyl (C=O) groups is 1. The van der Waals surface area contributed by atoms with E-state index in [4.69, 9.17) is 18.0 Å². The fourth-order valence-corrected chi connectivity index (χ4v) is 2.81. The van der Waals surface area contributed by atoms with Crippen molar-refractivity contribution in [2.75, 3.05) is 13.1 Å². The van der Waals surface area contributed by atoms with E-state index in [9.17, 15) is 9.90 Å². The van der Waals surface area contributed by atoms with E-state index in [2.05, 4.69) is 15.9 Å². The maximum Gasteiger partial charge on any atom is 0.257 e. The summed E-state index contributed by atoms with van der Waals surface area (Å²) in [6, 6.07) is 4.85. The molecule has 1 aliphatic heterocycles. The van der Waals surface area contributed by atoms with Crippen LogP contribution in [0.2, 0.25) is 0 Å². The van der Waals surface area contributed by atoms with E-state index in [1.807, 2.05) is 0 Å². The molecule has 102 valence electrons. The van der Waals surface area contributed by atoms with E-state index in [-0.39, 0.29) is 17.6 Å². The Hall–Kier alpha value is -1.14. The lowest BCUT2D eigenvalue weighted by atomic mass is 9.96. The number of aromatic hydroxyl groups is 1. The molecule has 1 aromatic carbocycles. The molecule has 3 N–H and O–H groups in total. The van der Waals surface area contributed by atoms with Crippen molar-refractivity contribution in [2.45, 2.75) is 12.8 Å². The molecule has 0 radical (unpaired) electrons. The lowest BCUT2D eigenvalue weighted by molar-refractivity contribution is 0.0707. The fourth-order valence-electron chi connectivity index (χ4n) is 2.22. The molecule has 0 spiro atoms. The van der Waals surface area contributed by atoms with Crippen LogP contribution < -0.4 is 5.73 Å². The van der Waals surface area contributed by atoms with Crippen LogP contribution in [-0.4, -0.2) is 34.0 Å². The number of nitrogens with zero attached hydrogens (tertiary/aromatic N) is 1. The number of piperidine rings is 1. The molecule has 1 aromatic rings. The minimum atomic E-state index is -0.153. The number of phenols is 1. The van der Waals surface area contributed by atoms with Gasteiger partial charge in [0.2, 0.25) is 0 Å². The number of thiocarbonyl (C=S) groups is 1. The molecule has 0 atom stereocenters. The normalized spacial score (nSPS) is 16.4. The Morgan fingerprint density at radius 2 is 2.05 bits per heavy atom. The summed E-state index contributed by atoms with van der Waals surface area (Å²) in [6.45, 7) is 1.24. The topological polar surface area (TPSA) is 66.6 Å². The van der Waals surface area contributed by atoms with Crippen LogP contribution in [0.5, 0.6) is 5.75 Å². The second kappa shape index (κ2) is 5.88. The zero-order valence-electron chi connectivity index (χ0n) is 10.3.